The van der Waals surface area contributed by atoms with E-state index in [4.69, 9.17) is 0 Å². The van der Waals surface area contributed by atoms with Gasteiger partial charge in [-0.1, -0.05) is 13.0 Å². The van der Waals surface area contributed by atoms with Crippen molar-refractivity contribution in [2.75, 3.05) is 7.05 Å². The Labute approximate surface area is 121 Å². The Hall–Kier alpha value is -1.86. The number of rotatable bonds is 5. The van der Waals surface area contributed by atoms with Crippen molar-refractivity contribution in [2.45, 2.75) is 26.4 Å². The van der Waals surface area contributed by atoms with Gasteiger partial charge in [0.2, 0.25) is 0 Å². The van der Waals surface area contributed by atoms with Crippen LogP contribution in [0.15, 0.2) is 18.2 Å². The Kier molecular flexibility index (Phi) is 3.70. The van der Waals surface area contributed by atoms with Crippen LogP contribution in [0.2, 0.25) is 0 Å². The van der Waals surface area contributed by atoms with E-state index in [2.05, 4.69) is 48.0 Å². The standard InChI is InChI=1S/C13H16N6S/c1-3-12-14-13(16-15-12)8-19(2)7-9-4-5-10-11(6-9)18-20-17-10/h4-6H,3,7-8H2,1-2H3,(H,14,15,16). The quantitative estimate of drug-likeness (QED) is 0.777. The largest absolute Gasteiger partial charge is 0.295 e. The summed E-state index contributed by atoms with van der Waals surface area (Å²) >= 11 is 1.25. The van der Waals surface area contributed by atoms with Crippen molar-refractivity contribution in [1.82, 2.24) is 28.8 Å². The van der Waals surface area contributed by atoms with Crippen LogP contribution in [0.4, 0.5) is 0 Å². The molecule has 20 heavy (non-hydrogen) atoms. The zero-order chi connectivity index (χ0) is 13.9. The molecule has 0 bridgehead atoms. The molecule has 3 aromatic rings. The molecule has 0 aliphatic heterocycles. The number of aromatic nitrogens is 5. The van der Waals surface area contributed by atoms with Gasteiger partial charge in [0.05, 0.1) is 18.3 Å². The molecule has 7 heteroatoms. The third kappa shape index (κ3) is 2.83. The molecular formula is C13H16N6S. The first-order chi connectivity index (χ1) is 9.74. The fourth-order valence-electron chi connectivity index (χ4n) is 2.11. The average Bonchev–Trinajstić information content (AvgIpc) is 3.06. The summed E-state index contributed by atoms with van der Waals surface area (Å²) in [5.74, 6) is 1.77. The van der Waals surface area contributed by atoms with E-state index in [9.17, 15) is 0 Å². The van der Waals surface area contributed by atoms with Crippen LogP contribution in [0, 0.1) is 0 Å². The molecule has 0 unspecified atom stereocenters. The molecule has 6 nitrogen and oxygen atoms in total. The summed E-state index contributed by atoms with van der Waals surface area (Å²) in [6, 6.07) is 6.21. The molecule has 0 aliphatic rings. The number of aromatic amines is 1. The monoisotopic (exact) mass is 288 g/mol. The SMILES string of the molecule is CCc1n[nH]c(CN(C)Cc2ccc3nsnc3c2)n1. The van der Waals surface area contributed by atoms with Crippen LogP contribution >= 0.6 is 11.7 Å². The van der Waals surface area contributed by atoms with Gasteiger partial charge in [-0.2, -0.15) is 13.8 Å². The summed E-state index contributed by atoms with van der Waals surface area (Å²) in [5.41, 5.74) is 3.15. The molecule has 1 N–H and O–H groups in total. The molecule has 0 spiro atoms. The van der Waals surface area contributed by atoms with Crippen molar-refractivity contribution in [3.05, 3.63) is 35.4 Å². The average molecular weight is 288 g/mol. The van der Waals surface area contributed by atoms with Crippen LogP contribution in [0.1, 0.15) is 24.1 Å². The third-order valence-corrected chi connectivity index (χ3v) is 3.64. The normalized spacial score (nSPS) is 11.6. The van der Waals surface area contributed by atoms with Crippen molar-refractivity contribution in [1.29, 1.82) is 0 Å². The van der Waals surface area contributed by atoms with Gasteiger partial charge < -0.3 is 0 Å². The number of hydrogen-bond donors (Lipinski definition) is 1. The molecule has 0 saturated heterocycles. The van der Waals surface area contributed by atoms with Gasteiger partial charge >= 0.3 is 0 Å². The second-order valence-corrected chi connectivity index (χ2v) is 5.34. The number of hydrogen-bond acceptors (Lipinski definition) is 6. The van der Waals surface area contributed by atoms with E-state index in [0.717, 1.165) is 42.2 Å². The lowest BCUT2D eigenvalue weighted by molar-refractivity contribution is 0.311. The number of nitrogens with one attached hydrogen (secondary N) is 1. The first-order valence-corrected chi connectivity index (χ1v) is 7.27. The summed E-state index contributed by atoms with van der Waals surface area (Å²) in [4.78, 5) is 6.62. The summed E-state index contributed by atoms with van der Waals surface area (Å²) in [7, 11) is 2.07. The lowest BCUT2D eigenvalue weighted by Crippen LogP contribution is -2.18. The van der Waals surface area contributed by atoms with Crippen LogP contribution < -0.4 is 0 Å². The van der Waals surface area contributed by atoms with Crippen LogP contribution in [0.5, 0.6) is 0 Å². The second kappa shape index (κ2) is 5.64. The van der Waals surface area contributed by atoms with Crippen molar-refractivity contribution in [3.63, 3.8) is 0 Å². The topological polar surface area (TPSA) is 70.6 Å². The van der Waals surface area contributed by atoms with Crippen LogP contribution in [0.25, 0.3) is 11.0 Å². The molecular weight excluding hydrogens is 272 g/mol. The first-order valence-electron chi connectivity index (χ1n) is 6.54. The highest BCUT2D eigenvalue weighted by atomic mass is 32.1. The summed E-state index contributed by atoms with van der Waals surface area (Å²) in [6.07, 6.45) is 0.855. The summed E-state index contributed by atoms with van der Waals surface area (Å²) < 4.78 is 8.48. The Morgan fingerprint density at radius 3 is 2.85 bits per heavy atom. The predicted molar refractivity (Wildman–Crippen MR) is 78.3 cm³/mol. The fraction of sp³-hybridized carbons (Fsp3) is 0.385. The van der Waals surface area contributed by atoms with Crippen molar-refractivity contribution < 1.29 is 0 Å². The molecule has 3 rings (SSSR count). The maximum absolute atomic E-state index is 4.42. The molecule has 0 amide bonds. The van der Waals surface area contributed by atoms with Crippen molar-refractivity contribution >= 4 is 22.8 Å². The second-order valence-electron chi connectivity index (χ2n) is 4.81. The molecule has 0 saturated carbocycles. The fourth-order valence-corrected chi connectivity index (χ4v) is 2.63. The highest BCUT2D eigenvalue weighted by Crippen LogP contribution is 2.15. The van der Waals surface area contributed by atoms with Gasteiger partial charge in [0, 0.05) is 13.0 Å². The first kappa shape index (κ1) is 13.1. The Morgan fingerprint density at radius 2 is 2.05 bits per heavy atom. The van der Waals surface area contributed by atoms with E-state index in [-0.39, 0.29) is 0 Å². The number of fused-ring (bicyclic) bond motifs is 1. The molecule has 2 aromatic heterocycles. The zero-order valence-electron chi connectivity index (χ0n) is 11.5. The minimum absolute atomic E-state index is 0.750. The molecule has 104 valence electrons. The third-order valence-electron chi connectivity index (χ3n) is 3.08. The number of aryl methyl sites for hydroxylation is 1. The van der Waals surface area contributed by atoms with Gasteiger partial charge in [0.1, 0.15) is 22.7 Å². The van der Waals surface area contributed by atoms with Gasteiger partial charge in [-0.25, -0.2) is 4.98 Å². The predicted octanol–water partition coefficient (Wildman–Crippen LogP) is 2.00. The van der Waals surface area contributed by atoms with Gasteiger partial charge in [-0.05, 0) is 24.7 Å². The van der Waals surface area contributed by atoms with Crippen LogP contribution in [-0.2, 0) is 19.5 Å². The lowest BCUT2D eigenvalue weighted by Gasteiger charge is -2.14. The smallest absolute Gasteiger partial charge is 0.150 e. The van der Waals surface area contributed by atoms with Gasteiger partial charge in [-0.15, -0.1) is 0 Å². The van der Waals surface area contributed by atoms with Crippen LogP contribution in [0.3, 0.4) is 0 Å². The minimum atomic E-state index is 0.750. The van der Waals surface area contributed by atoms with Gasteiger partial charge in [0.15, 0.2) is 0 Å². The minimum Gasteiger partial charge on any atom is -0.295 e. The summed E-state index contributed by atoms with van der Waals surface area (Å²) in [6.45, 7) is 3.64. The van der Waals surface area contributed by atoms with Crippen molar-refractivity contribution in [3.8, 4) is 0 Å². The highest BCUT2D eigenvalue weighted by Gasteiger charge is 2.07. The maximum atomic E-state index is 4.42. The van der Waals surface area contributed by atoms with Gasteiger partial charge in [0.25, 0.3) is 0 Å². The van der Waals surface area contributed by atoms with E-state index >= 15 is 0 Å². The van der Waals surface area contributed by atoms with Crippen molar-refractivity contribution in [2.24, 2.45) is 0 Å². The highest BCUT2D eigenvalue weighted by molar-refractivity contribution is 7.00. The Bertz CT molecular complexity index is 704. The lowest BCUT2D eigenvalue weighted by atomic mass is 10.2. The number of nitrogens with zero attached hydrogens (tertiary/aromatic N) is 5. The number of benzene rings is 1. The van der Waals surface area contributed by atoms with E-state index < -0.39 is 0 Å². The van der Waals surface area contributed by atoms with E-state index in [1.54, 1.807) is 0 Å². The van der Waals surface area contributed by atoms with E-state index in [0.29, 0.717) is 0 Å². The van der Waals surface area contributed by atoms with E-state index in [1.165, 1.54) is 17.3 Å². The van der Waals surface area contributed by atoms with E-state index in [1.807, 2.05) is 13.0 Å². The Balaban J connectivity index is 1.66. The maximum Gasteiger partial charge on any atom is 0.150 e. The van der Waals surface area contributed by atoms with Crippen LogP contribution in [-0.4, -0.2) is 35.9 Å². The molecule has 0 aliphatic carbocycles. The molecule has 1 aromatic carbocycles. The van der Waals surface area contributed by atoms with Gasteiger partial charge in [-0.3, -0.25) is 10.00 Å². The molecule has 2 heterocycles. The number of H-pyrrole nitrogens is 1. The molecule has 0 fully saturated rings. The Morgan fingerprint density at radius 1 is 1.20 bits per heavy atom. The molecule has 0 atom stereocenters. The molecule has 0 radical (unpaired) electrons. The summed E-state index contributed by atoms with van der Waals surface area (Å²) in [5, 5.41) is 7.12. The zero-order valence-corrected chi connectivity index (χ0v) is 12.3.